The normalized spacial score (nSPS) is 29.2. The van der Waals surface area contributed by atoms with Crippen LogP contribution in [0.4, 0.5) is 5.82 Å². The van der Waals surface area contributed by atoms with Gasteiger partial charge in [-0.1, -0.05) is 121 Å². The molecule has 74 heavy (non-hydrogen) atoms. The summed E-state index contributed by atoms with van der Waals surface area (Å²) in [5.74, 6) is 0.199. The number of anilines is 1. The summed E-state index contributed by atoms with van der Waals surface area (Å²) >= 11 is 0. The van der Waals surface area contributed by atoms with Gasteiger partial charge in [-0.2, -0.15) is 0 Å². The van der Waals surface area contributed by atoms with Gasteiger partial charge < -0.3 is 76.2 Å². The lowest BCUT2D eigenvalue weighted by Gasteiger charge is -2.49. The van der Waals surface area contributed by atoms with Gasteiger partial charge in [0, 0.05) is 58.0 Å². The summed E-state index contributed by atoms with van der Waals surface area (Å²) in [6.45, 7) is 2.95. The molecule has 3 fully saturated rings. The summed E-state index contributed by atoms with van der Waals surface area (Å²) in [5, 5.41) is 72.1. The van der Waals surface area contributed by atoms with Crippen LogP contribution in [0.1, 0.15) is 54.2 Å². The summed E-state index contributed by atoms with van der Waals surface area (Å²) in [4.78, 5) is 12.4. The van der Waals surface area contributed by atoms with Crippen LogP contribution in [0.2, 0.25) is 0 Å². The Kier molecular flexibility index (Phi) is 19.1. The number of fused-ring (bicyclic) bond motifs is 1. The molecule has 19 heteroatoms. The number of aliphatic hydroxyl groups is 5. The third-order valence-corrected chi connectivity index (χ3v) is 14.2. The Morgan fingerprint density at radius 2 is 1.18 bits per heavy atom. The van der Waals surface area contributed by atoms with Crippen molar-refractivity contribution in [2.24, 2.45) is 0 Å². The minimum Gasteiger partial charge on any atom is -0.389 e. The second-order valence-electron chi connectivity index (χ2n) is 19.4. The van der Waals surface area contributed by atoms with E-state index in [0.717, 1.165) is 28.7 Å². The molecule has 4 heterocycles. The maximum atomic E-state index is 12.2. The maximum absolute atomic E-state index is 12.2. The molecule has 19 nitrogen and oxygen atoms in total. The Balaban J connectivity index is 0.868. The third kappa shape index (κ3) is 13.5. The van der Waals surface area contributed by atoms with E-state index in [9.17, 15) is 25.5 Å². The van der Waals surface area contributed by atoms with Crippen molar-refractivity contribution in [2.45, 2.75) is 137 Å². The van der Waals surface area contributed by atoms with Gasteiger partial charge >= 0.3 is 0 Å². The summed E-state index contributed by atoms with van der Waals surface area (Å²) < 4.78 is 34.0. The zero-order valence-corrected chi connectivity index (χ0v) is 41.4. The van der Waals surface area contributed by atoms with Crippen LogP contribution in [0.3, 0.4) is 0 Å². The summed E-state index contributed by atoms with van der Waals surface area (Å²) in [5.41, 5.74) is 10.9. The number of aromatic nitrogens is 4. The van der Waals surface area contributed by atoms with Crippen LogP contribution in [-0.2, 0) is 49.9 Å². The number of ether oxygens (including phenoxy) is 5. The van der Waals surface area contributed by atoms with Crippen LogP contribution in [-0.4, -0.2) is 151 Å². The van der Waals surface area contributed by atoms with Crippen molar-refractivity contribution in [3.63, 3.8) is 0 Å². The van der Waals surface area contributed by atoms with E-state index in [0.29, 0.717) is 69.8 Å². The van der Waals surface area contributed by atoms with E-state index < -0.39 is 85.6 Å². The average molecular weight is 1020 g/mol. The quantitative estimate of drug-likeness (QED) is 0.0369. The highest BCUT2D eigenvalue weighted by atomic mass is 16.7. The molecule has 9 rings (SSSR count). The average Bonchev–Trinajstić information content (AvgIpc) is 3.99. The zero-order chi connectivity index (χ0) is 51.2. The van der Waals surface area contributed by atoms with Crippen molar-refractivity contribution in [3.05, 3.63) is 156 Å². The van der Waals surface area contributed by atoms with Gasteiger partial charge in [-0.05, 0) is 47.9 Å². The standard InChI is InChI=1S/C55H71N9O10/c56-52-44-53(62-33-61-52)64(34-63-44)54-49(69)46(66)42(72-54)32-70-24-14-5-15-25-71-51-43(60-30-38-22-12-4-13-23-38)55(73-41(47(51)67)31-57-27-35-16-6-1-7-17-35)74-50-40(59-29-37-20-10-3-11-21-37)26-39(45(65)48(50)68)58-28-36-18-8-2-9-19-36/h1-4,6-13,16-23,33-34,39-43,45-51,54-55,57-60,65-69H,5,14-15,24-32H2,(H2,56,61,62)/t39-,40+,41+,42+,43+,45+,46+,47+,48-,49+,50-,51+,54+,55+/m0/s1. The third-order valence-electron chi connectivity index (χ3n) is 14.2. The SMILES string of the molecule is Nc1ncnc2c1ncn2[C@@H]1O[C@H](COCCCCCO[C@H]2[C@H](O)[C@@H](CNCc3ccccc3)O[C@H](O[C@@H]3[C@@H](O)[C@H](O)[C@@H](NCc4ccccc4)C[C@H]3NCc3ccccc3)[C@@H]2NCc2ccccc2)[C@@H](O)[C@H]1O. The maximum Gasteiger partial charge on any atom is 0.176 e. The topological polar surface area (TPSA) is 265 Å². The Bertz CT molecular complexity index is 2580. The highest BCUT2D eigenvalue weighted by Crippen LogP contribution is 2.34. The highest BCUT2D eigenvalue weighted by Gasteiger charge is 2.51. The van der Waals surface area contributed by atoms with E-state index in [2.05, 4.69) is 36.2 Å². The van der Waals surface area contributed by atoms with Gasteiger partial charge in [0.1, 0.15) is 60.7 Å². The summed E-state index contributed by atoms with van der Waals surface area (Å²) in [6, 6.07) is 38.3. The molecule has 1 aliphatic carbocycles. The predicted octanol–water partition coefficient (Wildman–Crippen LogP) is 2.46. The minimum atomic E-state index is -1.31. The number of nitrogens with two attached hydrogens (primary N) is 1. The van der Waals surface area contributed by atoms with E-state index >= 15 is 0 Å². The van der Waals surface area contributed by atoms with Crippen molar-refractivity contribution in [3.8, 4) is 0 Å². The Hall–Kier alpha value is -5.33. The van der Waals surface area contributed by atoms with E-state index in [1.807, 2.05) is 121 Å². The van der Waals surface area contributed by atoms with Gasteiger partial charge in [0.05, 0.1) is 25.1 Å². The summed E-state index contributed by atoms with van der Waals surface area (Å²) in [7, 11) is 0. The van der Waals surface area contributed by atoms with Crippen molar-refractivity contribution in [1.82, 2.24) is 40.8 Å². The fraction of sp³-hybridized carbons (Fsp3) is 0.473. The van der Waals surface area contributed by atoms with Crippen LogP contribution >= 0.6 is 0 Å². The zero-order valence-electron chi connectivity index (χ0n) is 41.4. The predicted molar refractivity (Wildman–Crippen MR) is 276 cm³/mol. The first-order valence-corrected chi connectivity index (χ1v) is 25.8. The molecule has 14 atom stereocenters. The number of unbranched alkanes of at least 4 members (excludes halogenated alkanes) is 2. The molecule has 2 saturated heterocycles. The molecular weight excluding hydrogens is 947 g/mol. The molecule has 0 amide bonds. The molecule has 2 aromatic heterocycles. The number of aliphatic hydroxyl groups excluding tert-OH is 5. The van der Waals surface area contributed by atoms with Crippen LogP contribution < -0.4 is 27.0 Å². The fourth-order valence-electron chi connectivity index (χ4n) is 10.1. The Labute approximate surface area is 431 Å². The molecule has 4 aromatic carbocycles. The van der Waals surface area contributed by atoms with Crippen molar-refractivity contribution in [1.29, 1.82) is 0 Å². The Morgan fingerprint density at radius 1 is 0.581 bits per heavy atom. The molecule has 11 N–H and O–H groups in total. The van der Waals surface area contributed by atoms with Crippen molar-refractivity contribution in [2.75, 3.05) is 32.1 Å². The number of benzene rings is 4. The van der Waals surface area contributed by atoms with E-state index in [1.54, 1.807) is 0 Å². The van der Waals surface area contributed by atoms with E-state index in [4.69, 9.17) is 29.4 Å². The second kappa shape index (κ2) is 26.4. The monoisotopic (exact) mass is 1020 g/mol. The lowest BCUT2D eigenvalue weighted by Crippen LogP contribution is -2.69. The molecule has 6 aromatic rings. The van der Waals surface area contributed by atoms with Gasteiger partial charge in [0.15, 0.2) is 24.0 Å². The Morgan fingerprint density at radius 3 is 1.82 bits per heavy atom. The number of nitrogens with one attached hydrogen (secondary N) is 4. The number of rotatable bonds is 25. The smallest absolute Gasteiger partial charge is 0.176 e. The first-order chi connectivity index (χ1) is 36.2. The minimum absolute atomic E-state index is 0.0549. The molecule has 1 saturated carbocycles. The molecule has 3 aliphatic rings. The van der Waals surface area contributed by atoms with Gasteiger partial charge in [-0.15, -0.1) is 0 Å². The molecular formula is C55H71N9O10. The lowest BCUT2D eigenvalue weighted by atomic mass is 9.83. The van der Waals surface area contributed by atoms with Crippen LogP contribution in [0.15, 0.2) is 134 Å². The molecule has 0 unspecified atom stereocenters. The molecule has 2 aliphatic heterocycles. The molecule has 0 bridgehead atoms. The number of nitrogen functional groups attached to an aromatic ring is 1. The number of imidazole rings is 1. The van der Waals surface area contributed by atoms with E-state index in [1.165, 1.54) is 17.2 Å². The van der Waals surface area contributed by atoms with Crippen LogP contribution in [0.25, 0.3) is 11.2 Å². The number of nitrogens with zero attached hydrogens (tertiary/aromatic N) is 4. The first-order valence-electron chi connectivity index (χ1n) is 25.8. The lowest BCUT2D eigenvalue weighted by molar-refractivity contribution is -0.300. The summed E-state index contributed by atoms with van der Waals surface area (Å²) in [6.07, 6.45) is -6.05. The van der Waals surface area contributed by atoms with Crippen molar-refractivity contribution < 1.29 is 49.2 Å². The van der Waals surface area contributed by atoms with Gasteiger partial charge in [-0.3, -0.25) is 4.57 Å². The van der Waals surface area contributed by atoms with Crippen molar-refractivity contribution >= 4 is 17.0 Å². The largest absolute Gasteiger partial charge is 0.389 e. The van der Waals surface area contributed by atoms with Crippen LogP contribution in [0.5, 0.6) is 0 Å². The molecule has 0 radical (unpaired) electrons. The molecule has 396 valence electrons. The van der Waals surface area contributed by atoms with Gasteiger partial charge in [-0.25, -0.2) is 15.0 Å². The van der Waals surface area contributed by atoms with Gasteiger partial charge in [0.2, 0.25) is 0 Å². The second-order valence-corrected chi connectivity index (χ2v) is 19.4. The fourth-order valence-corrected chi connectivity index (χ4v) is 10.1. The van der Waals surface area contributed by atoms with Gasteiger partial charge in [0.25, 0.3) is 0 Å². The van der Waals surface area contributed by atoms with Crippen LogP contribution in [0, 0.1) is 0 Å². The highest BCUT2D eigenvalue weighted by molar-refractivity contribution is 5.81. The molecule has 0 spiro atoms. The van der Waals surface area contributed by atoms with E-state index in [-0.39, 0.29) is 19.0 Å². The number of hydrogen-bond donors (Lipinski definition) is 10. The number of hydrogen-bond acceptors (Lipinski definition) is 18. The first kappa shape index (κ1) is 53.5.